The average molecular weight is 434 g/mol. The molecule has 2 aromatic carbocycles. The largest absolute Gasteiger partial charge is 0.416 e. The van der Waals surface area contributed by atoms with E-state index in [0.717, 1.165) is 17.7 Å². The summed E-state index contributed by atoms with van der Waals surface area (Å²) in [6.45, 7) is 2.82. The van der Waals surface area contributed by atoms with Gasteiger partial charge in [0.1, 0.15) is 11.4 Å². The summed E-state index contributed by atoms with van der Waals surface area (Å²) in [6, 6.07) is 10.9. The molecule has 3 rings (SSSR count). The van der Waals surface area contributed by atoms with Gasteiger partial charge in [-0.2, -0.15) is 13.2 Å². The SMILES string of the molecule is CC(=O)N1[C@H](C)C=C[C@]1(Cc1ccccc1)C(=O)NCc1cc(F)cc(C(F)(F)F)c1. The average Bonchev–Trinajstić information content (AvgIpc) is 3.03. The molecule has 1 aliphatic heterocycles. The maximum Gasteiger partial charge on any atom is 0.416 e. The van der Waals surface area contributed by atoms with Gasteiger partial charge in [-0.3, -0.25) is 9.59 Å². The molecule has 1 aliphatic rings. The molecule has 0 aromatic heterocycles. The van der Waals surface area contributed by atoms with Crippen molar-refractivity contribution in [3.05, 3.63) is 83.2 Å². The van der Waals surface area contributed by atoms with Crippen LogP contribution < -0.4 is 5.32 Å². The zero-order valence-electron chi connectivity index (χ0n) is 17.0. The van der Waals surface area contributed by atoms with E-state index in [2.05, 4.69) is 5.32 Å². The molecule has 0 aliphatic carbocycles. The highest BCUT2D eigenvalue weighted by Crippen LogP contribution is 2.33. The second-order valence-electron chi connectivity index (χ2n) is 7.60. The Kier molecular flexibility index (Phi) is 6.20. The third kappa shape index (κ3) is 4.78. The van der Waals surface area contributed by atoms with E-state index in [4.69, 9.17) is 0 Å². The van der Waals surface area contributed by atoms with Gasteiger partial charge in [0, 0.05) is 25.9 Å². The van der Waals surface area contributed by atoms with Crippen molar-refractivity contribution in [1.29, 1.82) is 0 Å². The molecule has 0 unspecified atom stereocenters. The van der Waals surface area contributed by atoms with E-state index in [9.17, 15) is 27.2 Å². The molecule has 1 N–H and O–H groups in total. The lowest BCUT2D eigenvalue weighted by Gasteiger charge is -2.38. The summed E-state index contributed by atoms with van der Waals surface area (Å²) in [6.07, 6.45) is -1.12. The number of hydrogen-bond acceptors (Lipinski definition) is 2. The molecule has 2 aromatic rings. The van der Waals surface area contributed by atoms with Crippen molar-refractivity contribution in [3.63, 3.8) is 0 Å². The first kappa shape index (κ1) is 22.5. The number of amides is 2. The molecule has 164 valence electrons. The van der Waals surface area contributed by atoms with E-state index in [0.29, 0.717) is 6.07 Å². The van der Waals surface area contributed by atoms with Crippen LogP contribution in [-0.4, -0.2) is 28.3 Å². The van der Waals surface area contributed by atoms with Crippen molar-refractivity contribution < 1.29 is 27.2 Å². The third-order valence-electron chi connectivity index (χ3n) is 5.27. The Balaban J connectivity index is 1.89. The number of rotatable bonds is 5. The van der Waals surface area contributed by atoms with E-state index in [1.807, 2.05) is 30.3 Å². The van der Waals surface area contributed by atoms with Crippen LogP contribution >= 0.6 is 0 Å². The van der Waals surface area contributed by atoms with Crippen molar-refractivity contribution in [1.82, 2.24) is 10.2 Å². The molecule has 1 heterocycles. The molecule has 0 bridgehead atoms. The van der Waals surface area contributed by atoms with Gasteiger partial charge in [0.25, 0.3) is 5.91 Å². The van der Waals surface area contributed by atoms with E-state index in [-0.39, 0.29) is 30.5 Å². The van der Waals surface area contributed by atoms with Crippen molar-refractivity contribution in [2.45, 2.75) is 44.6 Å². The summed E-state index contributed by atoms with van der Waals surface area (Å²) in [4.78, 5) is 27.1. The summed E-state index contributed by atoms with van der Waals surface area (Å²) >= 11 is 0. The van der Waals surface area contributed by atoms with Crippen LogP contribution in [-0.2, 0) is 28.7 Å². The molecular weight excluding hydrogens is 412 g/mol. The van der Waals surface area contributed by atoms with Gasteiger partial charge in [-0.25, -0.2) is 4.39 Å². The van der Waals surface area contributed by atoms with Gasteiger partial charge in [-0.1, -0.05) is 42.5 Å². The number of halogens is 4. The normalized spacial score (nSPS) is 20.7. The lowest BCUT2D eigenvalue weighted by molar-refractivity contribution is -0.144. The zero-order valence-corrected chi connectivity index (χ0v) is 17.0. The van der Waals surface area contributed by atoms with Crippen LogP contribution in [0.3, 0.4) is 0 Å². The number of alkyl halides is 3. The second-order valence-corrected chi connectivity index (χ2v) is 7.60. The van der Waals surface area contributed by atoms with Crippen molar-refractivity contribution >= 4 is 11.8 Å². The number of nitrogens with one attached hydrogen (secondary N) is 1. The standard InChI is InChI=1S/C23H22F4N2O2/c1-15-8-9-22(29(15)16(2)30,13-17-6-4-3-5-7-17)21(31)28-14-18-10-19(23(25,26)27)12-20(24)11-18/h3-12,15H,13-14H2,1-2H3,(H,28,31)/t15-,22+/m1/s1. The minimum absolute atomic E-state index is 0.0278. The third-order valence-corrected chi connectivity index (χ3v) is 5.27. The number of nitrogens with zero attached hydrogens (tertiary/aromatic N) is 1. The fourth-order valence-electron chi connectivity index (χ4n) is 3.96. The van der Waals surface area contributed by atoms with Crippen molar-refractivity contribution in [2.24, 2.45) is 0 Å². The van der Waals surface area contributed by atoms with Gasteiger partial charge in [-0.05, 0) is 36.2 Å². The first-order valence-electron chi connectivity index (χ1n) is 9.71. The first-order chi connectivity index (χ1) is 14.5. The van der Waals surface area contributed by atoms with E-state index < -0.39 is 29.0 Å². The summed E-state index contributed by atoms with van der Waals surface area (Å²) in [7, 11) is 0. The molecular formula is C23H22F4N2O2. The number of carbonyl (C=O) groups is 2. The fraction of sp³-hybridized carbons (Fsp3) is 0.304. The molecule has 8 heteroatoms. The predicted molar refractivity (Wildman–Crippen MR) is 107 cm³/mol. The second kappa shape index (κ2) is 8.53. The van der Waals surface area contributed by atoms with Crippen LogP contribution in [0.25, 0.3) is 0 Å². The number of carbonyl (C=O) groups excluding carboxylic acids is 2. The van der Waals surface area contributed by atoms with E-state index in [1.165, 1.54) is 11.8 Å². The van der Waals surface area contributed by atoms with Crippen LogP contribution in [0.5, 0.6) is 0 Å². The molecule has 0 fully saturated rings. The minimum Gasteiger partial charge on any atom is -0.350 e. The van der Waals surface area contributed by atoms with Gasteiger partial charge in [0.2, 0.25) is 5.91 Å². The Bertz CT molecular complexity index is 1000. The molecule has 4 nitrogen and oxygen atoms in total. The Morgan fingerprint density at radius 3 is 2.39 bits per heavy atom. The quantitative estimate of drug-likeness (QED) is 0.565. The molecule has 0 spiro atoms. The molecule has 2 atom stereocenters. The summed E-state index contributed by atoms with van der Waals surface area (Å²) in [5.41, 5.74) is -1.68. The van der Waals surface area contributed by atoms with Gasteiger partial charge >= 0.3 is 6.18 Å². The molecule has 2 amide bonds. The van der Waals surface area contributed by atoms with Gasteiger partial charge < -0.3 is 10.2 Å². The Hall–Kier alpha value is -3.16. The van der Waals surface area contributed by atoms with Crippen molar-refractivity contribution in [3.8, 4) is 0 Å². The van der Waals surface area contributed by atoms with Crippen molar-refractivity contribution in [2.75, 3.05) is 0 Å². The first-order valence-corrected chi connectivity index (χ1v) is 9.71. The van der Waals surface area contributed by atoms with Crippen LogP contribution in [0.2, 0.25) is 0 Å². The summed E-state index contributed by atoms with van der Waals surface area (Å²) in [5, 5.41) is 2.60. The lowest BCUT2D eigenvalue weighted by atomic mass is 9.89. The Morgan fingerprint density at radius 1 is 1.10 bits per heavy atom. The Labute approximate surface area is 177 Å². The van der Waals surface area contributed by atoms with Crippen LogP contribution in [0.1, 0.15) is 30.5 Å². The maximum absolute atomic E-state index is 13.7. The van der Waals surface area contributed by atoms with E-state index in [1.54, 1.807) is 19.1 Å². The molecule has 0 saturated carbocycles. The van der Waals surface area contributed by atoms with Crippen LogP contribution in [0, 0.1) is 5.82 Å². The lowest BCUT2D eigenvalue weighted by Crippen LogP contribution is -2.60. The van der Waals surface area contributed by atoms with E-state index >= 15 is 0 Å². The molecule has 31 heavy (non-hydrogen) atoms. The highest BCUT2D eigenvalue weighted by atomic mass is 19.4. The van der Waals surface area contributed by atoms with Gasteiger partial charge in [0.05, 0.1) is 5.56 Å². The minimum atomic E-state index is -4.70. The predicted octanol–water partition coefficient (Wildman–Crippen LogP) is 4.25. The van der Waals surface area contributed by atoms with Gasteiger partial charge in [-0.15, -0.1) is 0 Å². The maximum atomic E-state index is 13.7. The Morgan fingerprint density at radius 2 is 1.77 bits per heavy atom. The molecule has 0 radical (unpaired) electrons. The van der Waals surface area contributed by atoms with Crippen LogP contribution in [0.15, 0.2) is 60.7 Å². The number of benzene rings is 2. The molecule has 0 saturated heterocycles. The number of hydrogen-bond donors (Lipinski definition) is 1. The summed E-state index contributed by atoms with van der Waals surface area (Å²) < 4.78 is 52.6. The van der Waals surface area contributed by atoms with Gasteiger partial charge in [0.15, 0.2) is 0 Å². The summed E-state index contributed by atoms with van der Waals surface area (Å²) in [5.74, 6) is -1.91. The highest BCUT2D eigenvalue weighted by Gasteiger charge is 2.48. The highest BCUT2D eigenvalue weighted by molar-refractivity contribution is 5.94. The zero-order chi connectivity index (χ0) is 22.8. The monoisotopic (exact) mass is 434 g/mol. The topological polar surface area (TPSA) is 49.4 Å². The smallest absolute Gasteiger partial charge is 0.350 e. The fourth-order valence-corrected chi connectivity index (χ4v) is 3.96. The van der Waals surface area contributed by atoms with Crippen LogP contribution in [0.4, 0.5) is 17.6 Å².